The first-order valence-electron chi connectivity index (χ1n) is 10.1. The minimum absolute atomic E-state index is 0.0241. The van der Waals surface area contributed by atoms with E-state index in [4.69, 9.17) is 0 Å². The van der Waals surface area contributed by atoms with Gasteiger partial charge in [-0.2, -0.15) is 5.10 Å². The highest BCUT2D eigenvalue weighted by atomic mass is 16.2. The van der Waals surface area contributed by atoms with Crippen molar-refractivity contribution in [1.29, 1.82) is 0 Å². The second kappa shape index (κ2) is 8.06. The highest BCUT2D eigenvalue weighted by Gasteiger charge is 2.30. The van der Waals surface area contributed by atoms with E-state index in [1.165, 1.54) is 19.3 Å². The number of piperidine rings is 1. The molecule has 0 radical (unpaired) electrons. The number of anilines is 1. The minimum Gasteiger partial charge on any atom is -0.356 e. The van der Waals surface area contributed by atoms with Gasteiger partial charge in [0.2, 0.25) is 5.91 Å². The zero-order chi connectivity index (χ0) is 18.6. The number of carbonyl (C=O) groups excluding carboxylic acids is 1. The molecule has 7 nitrogen and oxygen atoms in total. The Labute approximate surface area is 160 Å². The molecule has 0 bridgehead atoms. The quantitative estimate of drug-likeness (QED) is 0.898. The lowest BCUT2D eigenvalue weighted by atomic mass is 9.85. The molecule has 2 aromatic heterocycles. The zero-order valence-corrected chi connectivity index (χ0v) is 15.9. The van der Waals surface area contributed by atoms with Gasteiger partial charge in [-0.1, -0.05) is 19.8 Å². The van der Waals surface area contributed by atoms with E-state index < -0.39 is 0 Å². The molecule has 3 atom stereocenters. The lowest BCUT2D eigenvalue weighted by Gasteiger charge is -2.35. The number of hydrogen-bond donors (Lipinski definition) is 1. The van der Waals surface area contributed by atoms with Gasteiger partial charge in [0.05, 0.1) is 5.92 Å². The number of amides is 1. The Kier molecular flexibility index (Phi) is 5.36. The molecule has 4 rings (SSSR count). The van der Waals surface area contributed by atoms with Gasteiger partial charge >= 0.3 is 0 Å². The van der Waals surface area contributed by atoms with Crippen molar-refractivity contribution >= 4 is 11.7 Å². The average molecular weight is 368 g/mol. The summed E-state index contributed by atoms with van der Waals surface area (Å²) in [5, 5.41) is 7.56. The van der Waals surface area contributed by atoms with Crippen LogP contribution in [0.3, 0.4) is 0 Å². The van der Waals surface area contributed by atoms with Crippen molar-refractivity contribution in [3.8, 4) is 5.82 Å². The van der Waals surface area contributed by atoms with Crippen molar-refractivity contribution in [2.24, 2.45) is 11.8 Å². The second-order valence-corrected chi connectivity index (χ2v) is 7.85. The van der Waals surface area contributed by atoms with Crippen LogP contribution in [0.5, 0.6) is 0 Å². The Morgan fingerprint density at radius 2 is 2.00 bits per heavy atom. The molecule has 7 heteroatoms. The van der Waals surface area contributed by atoms with Gasteiger partial charge in [0, 0.05) is 37.6 Å². The van der Waals surface area contributed by atoms with Gasteiger partial charge in [-0.15, -0.1) is 0 Å². The number of carbonyl (C=O) groups is 1. The van der Waals surface area contributed by atoms with Crippen molar-refractivity contribution in [2.45, 2.75) is 51.5 Å². The molecule has 1 amide bonds. The molecule has 3 heterocycles. The average Bonchev–Trinajstić information content (AvgIpc) is 3.25. The molecule has 2 aromatic rings. The largest absolute Gasteiger partial charge is 0.356 e. The molecule has 1 aliphatic heterocycles. The van der Waals surface area contributed by atoms with Crippen molar-refractivity contribution in [3.05, 3.63) is 30.9 Å². The van der Waals surface area contributed by atoms with Crippen LogP contribution in [0.4, 0.5) is 5.82 Å². The lowest BCUT2D eigenvalue weighted by molar-refractivity contribution is -0.126. The summed E-state index contributed by atoms with van der Waals surface area (Å²) in [6.07, 6.45) is 12.0. The van der Waals surface area contributed by atoms with Crippen molar-refractivity contribution in [2.75, 3.05) is 18.0 Å². The lowest BCUT2D eigenvalue weighted by Crippen LogP contribution is -2.48. The maximum atomic E-state index is 12.9. The Bertz CT molecular complexity index is 762. The predicted octanol–water partition coefficient (Wildman–Crippen LogP) is 2.57. The van der Waals surface area contributed by atoms with E-state index in [2.05, 4.69) is 32.2 Å². The van der Waals surface area contributed by atoms with Crippen LogP contribution < -0.4 is 10.2 Å². The van der Waals surface area contributed by atoms with Crippen LogP contribution >= 0.6 is 0 Å². The predicted molar refractivity (Wildman–Crippen MR) is 104 cm³/mol. The summed E-state index contributed by atoms with van der Waals surface area (Å²) >= 11 is 0. The van der Waals surface area contributed by atoms with Crippen LogP contribution in [-0.4, -0.2) is 44.8 Å². The van der Waals surface area contributed by atoms with E-state index in [-0.39, 0.29) is 11.8 Å². The fourth-order valence-corrected chi connectivity index (χ4v) is 4.27. The van der Waals surface area contributed by atoms with E-state index in [1.54, 1.807) is 17.2 Å². The summed E-state index contributed by atoms with van der Waals surface area (Å²) in [6, 6.07) is 4.15. The van der Waals surface area contributed by atoms with Gasteiger partial charge in [0.1, 0.15) is 12.1 Å². The smallest absolute Gasteiger partial charge is 0.225 e. The van der Waals surface area contributed by atoms with Gasteiger partial charge in [-0.25, -0.2) is 14.6 Å². The fourth-order valence-electron chi connectivity index (χ4n) is 4.27. The van der Waals surface area contributed by atoms with E-state index in [0.717, 1.165) is 37.4 Å². The molecular weight excluding hydrogens is 340 g/mol. The first-order valence-corrected chi connectivity index (χ1v) is 10.1. The van der Waals surface area contributed by atoms with Crippen LogP contribution in [0.2, 0.25) is 0 Å². The van der Waals surface area contributed by atoms with E-state index >= 15 is 0 Å². The van der Waals surface area contributed by atoms with Gasteiger partial charge in [0.25, 0.3) is 0 Å². The highest BCUT2D eigenvalue weighted by molar-refractivity contribution is 5.80. The molecule has 2 fully saturated rings. The summed E-state index contributed by atoms with van der Waals surface area (Å²) in [4.78, 5) is 23.8. The summed E-state index contributed by atoms with van der Waals surface area (Å²) < 4.78 is 1.73. The van der Waals surface area contributed by atoms with Crippen molar-refractivity contribution < 1.29 is 4.79 Å². The summed E-state index contributed by atoms with van der Waals surface area (Å²) in [5.41, 5.74) is 0. The Morgan fingerprint density at radius 1 is 1.15 bits per heavy atom. The molecular formula is C20H28N6O. The summed E-state index contributed by atoms with van der Waals surface area (Å²) in [5.74, 6) is 2.42. The van der Waals surface area contributed by atoms with Gasteiger partial charge in [-0.3, -0.25) is 4.79 Å². The second-order valence-electron chi connectivity index (χ2n) is 7.85. The van der Waals surface area contributed by atoms with Crippen LogP contribution in [0.25, 0.3) is 5.82 Å². The maximum Gasteiger partial charge on any atom is 0.225 e. The van der Waals surface area contributed by atoms with Gasteiger partial charge in [0.15, 0.2) is 5.82 Å². The normalized spacial score (nSPS) is 26.0. The van der Waals surface area contributed by atoms with E-state index in [9.17, 15) is 4.79 Å². The molecule has 1 N–H and O–H groups in total. The van der Waals surface area contributed by atoms with E-state index in [1.807, 2.05) is 18.3 Å². The Morgan fingerprint density at radius 3 is 2.81 bits per heavy atom. The molecule has 1 saturated carbocycles. The Balaban J connectivity index is 1.42. The minimum atomic E-state index is 0.0241. The molecule has 1 aliphatic carbocycles. The SMILES string of the molecule is CC1CCCCC1NC(=O)C1CCCN(c2cc(-n3cccn3)ncn2)C1. The van der Waals surface area contributed by atoms with Crippen LogP contribution in [0.15, 0.2) is 30.9 Å². The van der Waals surface area contributed by atoms with Gasteiger partial charge < -0.3 is 10.2 Å². The molecule has 2 aliphatic rings. The topological polar surface area (TPSA) is 75.9 Å². The van der Waals surface area contributed by atoms with Crippen LogP contribution in [0, 0.1) is 11.8 Å². The van der Waals surface area contributed by atoms with Gasteiger partial charge in [-0.05, 0) is 37.7 Å². The molecule has 0 spiro atoms. The number of rotatable bonds is 4. The molecule has 27 heavy (non-hydrogen) atoms. The number of nitrogens with zero attached hydrogens (tertiary/aromatic N) is 5. The molecule has 144 valence electrons. The molecule has 3 unspecified atom stereocenters. The maximum absolute atomic E-state index is 12.9. The van der Waals surface area contributed by atoms with Crippen molar-refractivity contribution in [3.63, 3.8) is 0 Å². The highest BCUT2D eigenvalue weighted by Crippen LogP contribution is 2.26. The third-order valence-electron chi connectivity index (χ3n) is 5.93. The molecule has 0 aromatic carbocycles. The Hall–Kier alpha value is -2.44. The third-order valence-corrected chi connectivity index (χ3v) is 5.93. The van der Waals surface area contributed by atoms with Crippen LogP contribution in [-0.2, 0) is 4.79 Å². The number of hydrogen-bond acceptors (Lipinski definition) is 5. The fraction of sp³-hybridized carbons (Fsp3) is 0.600. The van der Waals surface area contributed by atoms with E-state index in [0.29, 0.717) is 18.5 Å². The summed E-state index contributed by atoms with van der Waals surface area (Å²) in [6.45, 7) is 3.89. The standard InChI is InChI=1S/C20H28N6O/c1-15-6-2-3-8-17(15)24-20(27)16-7-4-10-25(13-16)18-12-19(22-14-21-18)26-11-5-9-23-26/h5,9,11-12,14-17H,2-4,6-8,10,13H2,1H3,(H,24,27). The number of aromatic nitrogens is 4. The zero-order valence-electron chi connectivity index (χ0n) is 15.9. The first-order chi connectivity index (χ1) is 13.2. The first kappa shape index (κ1) is 17.9. The monoisotopic (exact) mass is 368 g/mol. The van der Waals surface area contributed by atoms with Crippen molar-refractivity contribution in [1.82, 2.24) is 25.1 Å². The number of nitrogens with one attached hydrogen (secondary N) is 1. The van der Waals surface area contributed by atoms with Crippen LogP contribution in [0.1, 0.15) is 45.4 Å². The summed E-state index contributed by atoms with van der Waals surface area (Å²) in [7, 11) is 0. The molecule has 1 saturated heterocycles. The third kappa shape index (κ3) is 4.12.